The van der Waals surface area contributed by atoms with E-state index >= 15 is 0 Å². The topological polar surface area (TPSA) is 75.5 Å². The van der Waals surface area contributed by atoms with E-state index in [4.69, 9.17) is 7.38 Å². The van der Waals surface area contributed by atoms with Crippen molar-refractivity contribution >= 4 is 0 Å². The van der Waals surface area contributed by atoms with Crippen molar-refractivity contribution < 1.29 is 27.3 Å². The molecule has 0 bridgehead atoms. The second kappa shape index (κ2) is 9.52. The van der Waals surface area contributed by atoms with Gasteiger partial charge >= 0.3 is 27.3 Å². The van der Waals surface area contributed by atoms with Gasteiger partial charge in [-0.1, -0.05) is 0 Å². The monoisotopic (exact) mass is 99.0 g/mol. The fourth-order valence-electron chi connectivity index (χ4n) is 0. The van der Waals surface area contributed by atoms with Crippen molar-refractivity contribution in [3.63, 3.8) is 0 Å². The standard InChI is InChI=1S/H3N.2H2O.Ti/h1H3;2*1H2;/q;;;+2/p-2. The molecule has 0 saturated carbocycles. The summed E-state index contributed by atoms with van der Waals surface area (Å²) in [5.74, 6) is 0. The van der Waals surface area contributed by atoms with E-state index < -0.39 is 19.9 Å². The van der Waals surface area contributed by atoms with Gasteiger partial charge in [0.2, 0.25) is 0 Å². The Bertz CT molecular complexity index is 6.00. The molecule has 5 N–H and O–H groups in total. The number of hydrogen-bond donors (Lipinski definition) is 3. The Morgan fingerprint density at radius 2 is 1.25 bits per heavy atom. The minimum atomic E-state index is -1.50. The van der Waals surface area contributed by atoms with E-state index in [1.54, 1.807) is 0 Å². The Morgan fingerprint density at radius 3 is 1.25 bits per heavy atom. The van der Waals surface area contributed by atoms with Gasteiger partial charge in [-0.2, -0.15) is 0 Å². The summed E-state index contributed by atoms with van der Waals surface area (Å²) in [4.78, 5) is 0. The molecular weight excluding hydrogens is 93.9 g/mol. The van der Waals surface area contributed by atoms with Crippen LogP contribution in [0.3, 0.4) is 0 Å². The van der Waals surface area contributed by atoms with E-state index in [1.807, 2.05) is 0 Å². The molecule has 4 heavy (non-hydrogen) atoms. The molecule has 0 spiro atoms. The van der Waals surface area contributed by atoms with Crippen LogP contribution in [0.15, 0.2) is 0 Å². The average Bonchev–Trinajstić information content (AvgIpc) is 0.918. The van der Waals surface area contributed by atoms with Gasteiger partial charge in [0.15, 0.2) is 0 Å². The second-order valence-corrected chi connectivity index (χ2v) is 0.412. The van der Waals surface area contributed by atoms with Crippen molar-refractivity contribution in [3.05, 3.63) is 0 Å². The summed E-state index contributed by atoms with van der Waals surface area (Å²) in [6, 6.07) is 0. The zero-order valence-corrected chi connectivity index (χ0v) is 3.66. The van der Waals surface area contributed by atoms with Crippen molar-refractivity contribution in [3.8, 4) is 0 Å². The van der Waals surface area contributed by atoms with Gasteiger partial charge in [-0.25, -0.2) is 0 Å². The van der Waals surface area contributed by atoms with E-state index in [9.17, 15) is 0 Å². The van der Waals surface area contributed by atoms with Crippen LogP contribution in [0.1, 0.15) is 0 Å². The zero-order chi connectivity index (χ0) is 2.71. The normalized spacial score (nSPS) is 3.50. The summed E-state index contributed by atoms with van der Waals surface area (Å²) >= 11 is -1.50. The van der Waals surface area contributed by atoms with Crippen LogP contribution in [-0.2, 0) is 19.9 Å². The molecule has 0 aromatic rings. The van der Waals surface area contributed by atoms with Crippen LogP contribution in [0.5, 0.6) is 0 Å². The first-order chi connectivity index (χ1) is 1.41. The predicted octanol–water partition coefficient (Wildman–Crippen LogP) is -0.955. The van der Waals surface area contributed by atoms with Crippen LogP contribution in [0.25, 0.3) is 0 Å². The SMILES string of the molecule is N.[OH][Ti][OH]. The maximum atomic E-state index is 7.25. The summed E-state index contributed by atoms with van der Waals surface area (Å²) < 4.78 is 14.5. The third-order valence-corrected chi connectivity index (χ3v) is 0. The van der Waals surface area contributed by atoms with Gasteiger partial charge in [0.1, 0.15) is 0 Å². The fraction of sp³-hybridized carbons (Fsp3) is 0. The Morgan fingerprint density at radius 1 is 1.25 bits per heavy atom. The van der Waals surface area contributed by atoms with Crippen LogP contribution in [0.2, 0.25) is 0 Å². The van der Waals surface area contributed by atoms with Crippen LogP contribution < -0.4 is 6.15 Å². The molecule has 0 aliphatic carbocycles. The van der Waals surface area contributed by atoms with E-state index in [1.165, 1.54) is 0 Å². The second-order valence-electron chi connectivity index (χ2n) is 0.100. The van der Waals surface area contributed by atoms with E-state index in [-0.39, 0.29) is 6.15 Å². The zero-order valence-electron chi connectivity index (χ0n) is 2.10. The quantitative estimate of drug-likeness (QED) is 0.342. The first kappa shape index (κ1) is 8.82. The molecule has 0 aliphatic rings. The van der Waals surface area contributed by atoms with Crippen molar-refractivity contribution in [2.75, 3.05) is 0 Å². The third-order valence-electron chi connectivity index (χ3n) is 0. The summed E-state index contributed by atoms with van der Waals surface area (Å²) in [5.41, 5.74) is 0. The van der Waals surface area contributed by atoms with Gasteiger partial charge < -0.3 is 6.15 Å². The maximum absolute atomic E-state index is 7.25. The van der Waals surface area contributed by atoms with Crippen molar-refractivity contribution in [2.45, 2.75) is 0 Å². The predicted molar refractivity (Wildman–Crippen MR) is 9.46 cm³/mol. The molecule has 0 aliphatic heterocycles. The molecule has 0 saturated heterocycles. The molecule has 26 valence electrons. The molecular formula is H5NO2Ti. The Kier molecular flexibility index (Phi) is 21.0. The Balaban J connectivity index is 0. The molecule has 0 aromatic carbocycles. The average molecular weight is 98.9 g/mol. The molecule has 3 nitrogen and oxygen atoms in total. The summed E-state index contributed by atoms with van der Waals surface area (Å²) in [7, 11) is 0. The van der Waals surface area contributed by atoms with E-state index in [0.29, 0.717) is 0 Å². The van der Waals surface area contributed by atoms with Crippen LogP contribution in [-0.4, -0.2) is 7.38 Å². The van der Waals surface area contributed by atoms with Gasteiger partial charge in [-0.05, 0) is 0 Å². The van der Waals surface area contributed by atoms with Gasteiger partial charge in [-0.15, -0.1) is 0 Å². The van der Waals surface area contributed by atoms with Crippen molar-refractivity contribution in [2.24, 2.45) is 0 Å². The van der Waals surface area contributed by atoms with Crippen LogP contribution in [0, 0.1) is 0 Å². The first-order valence-electron chi connectivity index (χ1n) is 0.447. The molecule has 0 unspecified atom stereocenters. The van der Waals surface area contributed by atoms with Crippen LogP contribution in [0.4, 0.5) is 0 Å². The molecule has 0 heterocycles. The van der Waals surface area contributed by atoms with Crippen molar-refractivity contribution in [1.82, 2.24) is 6.15 Å². The number of hydrogen-bond acceptors (Lipinski definition) is 3. The third kappa shape index (κ3) is 18.7. The van der Waals surface area contributed by atoms with Crippen LogP contribution >= 0.6 is 0 Å². The summed E-state index contributed by atoms with van der Waals surface area (Å²) in [6.45, 7) is 0. The van der Waals surface area contributed by atoms with Gasteiger partial charge in [0, 0.05) is 0 Å². The summed E-state index contributed by atoms with van der Waals surface area (Å²) in [5, 5.41) is 0. The fourth-order valence-corrected chi connectivity index (χ4v) is 0. The molecule has 0 radical (unpaired) electrons. The first-order valence-corrected chi connectivity index (χ1v) is 1.84. The summed E-state index contributed by atoms with van der Waals surface area (Å²) in [6.07, 6.45) is 0. The molecule has 0 atom stereocenters. The van der Waals surface area contributed by atoms with Gasteiger partial charge in [-0.3, -0.25) is 0 Å². The Hall–Kier alpha value is 0.594. The minimum absolute atomic E-state index is 0. The van der Waals surface area contributed by atoms with Gasteiger partial charge in [0.25, 0.3) is 0 Å². The molecule has 0 amide bonds. The molecule has 0 fully saturated rings. The molecule has 0 rings (SSSR count). The van der Waals surface area contributed by atoms with Gasteiger partial charge in [0.05, 0.1) is 0 Å². The number of rotatable bonds is 0. The van der Waals surface area contributed by atoms with E-state index in [0.717, 1.165) is 0 Å². The Labute approximate surface area is 34.1 Å². The molecule has 0 aromatic heterocycles. The molecule has 4 heteroatoms. The van der Waals surface area contributed by atoms with E-state index in [2.05, 4.69) is 0 Å². The van der Waals surface area contributed by atoms with Crippen molar-refractivity contribution in [1.29, 1.82) is 0 Å².